The first kappa shape index (κ1) is 22.3. The van der Waals surface area contributed by atoms with Gasteiger partial charge in [0.05, 0.1) is 21.8 Å². The van der Waals surface area contributed by atoms with Crippen molar-refractivity contribution < 1.29 is 14.7 Å². The van der Waals surface area contributed by atoms with Crippen LogP contribution in [-0.4, -0.2) is 41.0 Å². The van der Waals surface area contributed by atoms with E-state index in [-0.39, 0.29) is 29.1 Å². The number of rotatable bonds is 5. The Balaban J connectivity index is 1.89. The molecule has 1 atom stereocenters. The van der Waals surface area contributed by atoms with E-state index in [1.807, 2.05) is 11.0 Å². The SMILES string of the molecule is O=C(Nc1ccc(I)cc1C(=O)N1CCCC[C@@H]1CCO)c1ccc(Cl)cc1Cl. The predicted molar refractivity (Wildman–Crippen MR) is 124 cm³/mol. The second-order valence-corrected chi connectivity index (χ2v) is 9.02. The quantitative estimate of drug-likeness (QED) is 0.505. The molecule has 8 heteroatoms. The molecule has 1 aliphatic rings. The van der Waals surface area contributed by atoms with Crippen LogP contribution in [0.15, 0.2) is 36.4 Å². The normalized spacial score (nSPS) is 16.6. The minimum Gasteiger partial charge on any atom is -0.396 e. The van der Waals surface area contributed by atoms with Crippen molar-refractivity contribution >= 4 is 63.3 Å². The number of nitrogens with zero attached hydrogens (tertiary/aromatic N) is 1. The molecule has 1 saturated heterocycles. The summed E-state index contributed by atoms with van der Waals surface area (Å²) in [6, 6.07) is 9.98. The average Bonchev–Trinajstić information content (AvgIpc) is 2.69. The van der Waals surface area contributed by atoms with Crippen LogP contribution in [0.3, 0.4) is 0 Å². The summed E-state index contributed by atoms with van der Waals surface area (Å²) in [5, 5.41) is 12.9. The fourth-order valence-electron chi connectivity index (χ4n) is 3.54. The third-order valence-electron chi connectivity index (χ3n) is 4.99. The molecule has 2 N–H and O–H groups in total. The van der Waals surface area contributed by atoms with Crippen molar-refractivity contribution in [3.8, 4) is 0 Å². The topological polar surface area (TPSA) is 69.6 Å². The number of nitrogens with one attached hydrogen (secondary N) is 1. The van der Waals surface area contributed by atoms with Crippen LogP contribution in [0.2, 0.25) is 10.0 Å². The number of aliphatic hydroxyl groups excluding tert-OH is 1. The summed E-state index contributed by atoms with van der Waals surface area (Å²) in [5.74, 6) is -0.549. The summed E-state index contributed by atoms with van der Waals surface area (Å²) in [5.41, 5.74) is 1.14. The lowest BCUT2D eigenvalue weighted by Crippen LogP contribution is -2.44. The van der Waals surface area contributed by atoms with Crippen LogP contribution in [0.4, 0.5) is 5.69 Å². The minimum absolute atomic E-state index is 0.00776. The number of hydrogen-bond donors (Lipinski definition) is 2. The number of amides is 2. The molecule has 2 aromatic rings. The van der Waals surface area contributed by atoms with Crippen molar-refractivity contribution in [3.05, 3.63) is 61.1 Å². The van der Waals surface area contributed by atoms with Gasteiger partial charge in [-0.1, -0.05) is 23.2 Å². The summed E-state index contributed by atoms with van der Waals surface area (Å²) >= 11 is 14.2. The number of carbonyl (C=O) groups excluding carboxylic acids is 2. The summed E-state index contributed by atoms with van der Waals surface area (Å²) in [6.45, 7) is 0.685. The molecule has 1 heterocycles. The van der Waals surface area contributed by atoms with Crippen LogP contribution >= 0.6 is 45.8 Å². The van der Waals surface area contributed by atoms with Gasteiger partial charge in [0.15, 0.2) is 0 Å². The highest BCUT2D eigenvalue weighted by Crippen LogP contribution is 2.28. The Morgan fingerprint density at radius 2 is 1.93 bits per heavy atom. The largest absolute Gasteiger partial charge is 0.396 e. The molecule has 0 spiro atoms. The minimum atomic E-state index is -0.410. The van der Waals surface area contributed by atoms with Gasteiger partial charge in [-0.05, 0) is 84.7 Å². The van der Waals surface area contributed by atoms with Gasteiger partial charge in [0.1, 0.15) is 0 Å². The van der Waals surface area contributed by atoms with E-state index in [1.165, 1.54) is 6.07 Å². The number of benzene rings is 2. The molecule has 0 bridgehead atoms. The summed E-state index contributed by atoms with van der Waals surface area (Å²) in [4.78, 5) is 27.9. The van der Waals surface area contributed by atoms with Gasteiger partial charge in [-0.3, -0.25) is 9.59 Å². The second-order valence-electron chi connectivity index (χ2n) is 6.93. The first-order chi connectivity index (χ1) is 13.9. The maximum atomic E-state index is 13.3. The Morgan fingerprint density at radius 1 is 1.14 bits per heavy atom. The first-order valence-corrected chi connectivity index (χ1v) is 11.2. The summed E-state index contributed by atoms with van der Waals surface area (Å²) in [6.07, 6.45) is 3.40. The molecular formula is C21H21Cl2IN2O3. The van der Waals surface area contributed by atoms with Gasteiger partial charge in [0.25, 0.3) is 11.8 Å². The maximum absolute atomic E-state index is 13.3. The molecule has 29 heavy (non-hydrogen) atoms. The molecule has 0 aromatic heterocycles. The average molecular weight is 547 g/mol. The van der Waals surface area contributed by atoms with Crippen molar-refractivity contribution in [2.75, 3.05) is 18.5 Å². The van der Waals surface area contributed by atoms with Crippen molar-refractivity contribution in [3.63, 3.8) is 0 Å². The third-order valence-corrected chi connectivity index (χ3v) is 6.21. The van der Waals surface area contributed by atoms with Crippen LogP contribution in [0, 0.1) is 3.57 Å². The Hall–Kier alpha value is -1.35. The third kappa shape index (κ3) is 5.42. The molecule has 3 rings (SSSR count). The lowest BCUT2D eigenvalue weighted by Gasteiger charge is -2.36. The van der Waals surface area contributed by atoms with Gasteiger partial charge < -0.3 is 15.3 Å². The Bertz CT molecular complexity index is 921. The molecular weight excluding hydrogens is 526 g/mol. The van der Waals surface area contributed by atoms with Crippen molar-refractivity contribution in [1.29, 1.82) is 0 Å². The molecule has 0 unspecified atom stereocenters. The van der Waals surface area contributed by atoms with Crippen LogP contribution < -0.4 is 5.32 Å². The molecule has 2 amide bonds. The van der Waals surface area contributed by atoms with E-state index in [0.717, 1.165) is 22.8 Å². The van der Waals surface area contributed by atoms with Gasteiger partial charge in [-0.2, -0.15) is 0 Å². The summed E-state index contributed by atoms with van der Waals surface area (Å²) < 4.78 is 0.893. The van der Waals surface area contributed by atoms with Crippen LogP contribution in [0.5, 0.6) is 0 Å². The van der Waals surface area contributed by atoms with Crippen LogP contribution in [0.25, 0.3) is 0 Å². The maximum Gasteiger partial charge on any atom is 0.257 e. The Labute approximate surface area is 193 Å². The number of carbonyl (C=O) groups is 2. The fraction of sp³-hybridized carbons (Fsp3) is 0.333. The number of aliphatic hydroxyl groups is 1. The van der Waals surface area contributed by atoms with Crippen LogP contribution in [0.1, 0.15) is 46.4 Å². The number of likely N-dealkylation sites (tertiary alicyclic amines) is 1. The fourth-order valence-corrected chi connectivity index (χ4v) is 4.52. The van der Waals surface area contributed by atoms with Crippen molar-refractivity contribution in [1.82, 2.24) is 4.90 Å². The van der Waals surface area contributed by atoms with E-state index < -0.39 is 5.91 Å². The Morgan fingerprint density at radius 3 is 2.66 bits per heavy atom. The highest BCUT2D eigenvalue weighted by atomic mass is 127. The van der Waals surface area contributed by atoms with E-state index in [0.29, 0.717) is 29.2 Å². The zero-order valence-electron chi connectivity index (χ0n) is 15.6. The van der Waals surface area contributed by atoms with Crippen LogP contribution in [-0.2, 0) is 0 Å². The second kappa shape index (κ2) is 10.1. The molecule has 0 radical (unpaired) electrons. The predicted octanol–water partition coefficient (Wildman–Crippen LogP) is 5.23. The number of piperidine rings is 1. The lowest BCUT2D eigenvalue weighted by atomic mass is 9.98. The monoisotopic (exact) mass is 546 g/mol. The highest BCUT2D eigenvalue weighted by Gasteiger charge is 2.29. The molecule has 0 aliphatic carbocycles. The molecule has 2 aromatic carbocycles. The highest BCUT2D eigenvalue weighted by molar-refractivity contribution is 14.1. The number of halogens is 3. The summed E-state index contributed by atoms with van der Waals surface area (Å²) in [7, 11) is 0. The standard InChI is InChI=1S/C21H21Cl2IN2O3/c22-13-4-6-16(18(23)11-13)20(28)25-19-7-5-14(24)12-17(19)21(29)26-9-2-1-3-15(26)8-10-27/h4-7,11-12,15,27H,1-3,8-10H2,(H,25,28)/t15-/m1/s1. The van der Waals surface area contributed by atoms with E-state index >= 15 is 0 Å². The van der Waals surface area contributed by atoms with Gasteiger partial charge in [-0.15, -0.1) is 0 Å². The molecule has 5 nitrogen and oxygen atoms in total. The van der Waals surface area contributed by atoms with E-state index in [1.54, 1.807) is 24.3 Å². The first-order valence-electron chi connectivity index (χ1n) is 9.38. The zero-order chi connectivity index (χ0) is 21.0. The van der Waals surface area contributed by atoms with Crippen molar-refractivity contribution in [2.24, 2.45) is 0 Å². The van der Waals surface area contributed by atoms with Gasteiger partial charge >= 0.3 is 0 Å². The zero-order valence-corrected chi connectivity index (χ0v) is 19.3. The number of hydrogen-bond acceptors (Lipinski definition) is 3. The molecule has 154 valence electrons. The smallest absolute Gasteiger partial charge is 0.257 e. The lowest BCUT2D eigenvalue weighted by molar-refractivity contribution is 0.0575. The number of anilines is 1. The Kier molecular flexibility index (Phi) is 7.79. The van der Waals surface area contributed by atoms with E-state index in [4.69, 9.17) is 23.2 Å². The van der Waals surface area contributed by atoms with Gasteiger partial charge in [0.2, 0.25) is 0 Å². The molecule has 1 aliphatic heterocycles. The van der Waals surface area contributed by atoms with Gasteiger partial charge in [-0.25, -0.2) is 0 Å². The molecule has 0 saturated carbocycles. The van der Waals surface area contributed by atoms with Gasteiger partial charge in [0, 0.05) is 27.8 Å². The van der Waals surface area contributed by atoms with E-state index in [2.05, 4.69) is 27.9 Å². The molecule has 1 fully saturated rings. The van der Waals surface area contributed by atoms with Crippen molar-refractivity contribution in [2.45, 2.75) is 31.7 Å². The van der Waals surface area contributed by atoms with E-state index in [9.17, 15) is 14.7 Å².